The molecule has 1 aromatic carbocycles. The van der Waals surface area contributed by atoms with E-state index >= 15 is 0 Å². The summed E-state index contributed by atoms with van der Waals surface area (Å²) in [6.07, 6.45) is 1.71. The highest BCUT2D eigenvalue weighted by atomic mass is 19.2. The molecule has 0 aromatic heterocycles. The molecule has 2 heterocycles. The number of benzene rings is 1. The number of nitrogens with one attached hydrogen (secondary N) is 1. The molecule has 0 aliphatic carbocycles. The second-order valence-electron chi connectivity index (χ2n) is 9.13. The summed E-state index contributed by atoms with van der Waals surface area (Å²) >= 11 is 0. The molecule has 1 aromatic rings. The molecule has 0 bridgehead atoms. The van der Waals surface area contributed by atoms with Crippen molar-refractivity contribution in [2.75, 3.05) is 13.7 Å². The van der Waals surface area contributed by atoms with Crippen LogP contribution in [0.1, 0.15) is 51.5 Å². The number of amides is 3. The van der Waals surface area contributed by atoms with Gasteiger partial charge in [0.05, 0.1) is 7.11 Å². The maximum atomic E-state index is 14.1. The molecule has 0 saturated carbocycles. The lowest BCUT2D eigenvalue weighted by atomic mass is 10.0. The summed E-state index contributed by atoms with van der Waals surface area (Å²) in [6, 6.07) is 1.78. The Labute approximate surface area is 197 Å². The molecule has 2 fully saturated rings. The Morgan fingerprint density at radius 3 is 2.62 bits per heavy atom. The third-order valence-electron chi connectivity index (χ3n) is 6.50. The van der Waals surface area contributed by atoms with Gasteiger partial charge in [0, 0.05) is 37.5 Å². The number of carbonyl (C=O) groups is 4. The van der Waals surface area contributed by atoms with Gasteiger partial charge in [-0.3, -0.25) is 14.4 Å². The summed E-state index contributed by atoms with van der Waals surface area (Å²) in [4.78, 5) is 53.3. The molecule has 2 saturated heterocycles. The molecular weight excluding hydrogens is 448 g/mol. The van der Waals surface area contributed by atoms with Crippen LogP contribution in [0, 0.1) is 17.6 Å². The van der Waals surface area contributed by atoms with E-state index in [1.54, 1.807) is 13.8 Å². The zero-order valence-corrected chi connectivity index (χ0v) is 19.7. The van der Waals surface area contributed by atoms with Crippen LogP contribution in [0.25, 0.3) is 0 Å². The van der Waals surface area contributed by atoms with E-state index in [2.05, 4.69) is 5.32 Å². The van der Waals surface area contributed by atoms with Gasteiger partial charge >= 0.3 is 5.97 Å². The quantitative estimate of drug-likeness (QED) is 0.577. The van der Waals surface area contributed by atoms with E-state index in [0.29, 0.717) is 25.8 Å². The first-order chi connectivity index (χ1) is 16.1. The van der Waals surface area contributed by atoms with Gasteiger partial charge in [-0.25, -0.2) is 13.6 Å². The summed E-state index contributed by atoms with van der Waals surface area (Å²) < 4.78 is 32.5. The highest BCUT2D eigenvalue weighted by Gasteiger charge is 2.40. The molecule has 0 spiro atoms. The van der Waals surface area contributed by atoms with Gasteiger partial charge < -0.3 is 19.9 Å². The number of hydrogen-bond donors (Lipinski definition) is 1. The number of carbonyl (C=O) groups excluding carboxylic acids is 4. The van der Waals surface area contributed by atoms with Crippen molar-refractivity contribution in [2.45, 2.75) is 70.6 Å². The third-order valence-corrected chi connectivity index (χ3v) is 6.50. The number of rotatable bonds is 8. The molecule has 0 radical (unpaired) electrons. The van der Waals surface area contributed by atoms with Crippen LogP contribution in [0.4, 0.5) is 8.78 Å². The van der Waals surface area contributed by atoms with Crippen LogP contribution in [0.3, 0.4) is 0 Å². The van der Waals surface area contributed by atoms with Gasteiger partial charge in [-0.05, 0) is 31.2 Å². The first kappa shape index (κ1) is 25.6. The highest BCUT2D eigenvalue weighted by molar-refractivity contribution is 5.91. The zero-order valence-electron chi connectivity index (χ0n) is 19.7. The Hall–Kier alpha value is -3.04. The van der Waals surface area contributed by atoms with E-state index in [4.69, 9.17) is 4.74 Å². The molecule has 3 amide bonds. The van der Waals surface area contributed by atoms with E-state index in [0.717, 1.165) is 6.07 Å². The van der Waals surface area contributed by atoms with Gasteiger partial charge in [0.2, 0.25) is 17.7 Å². The van der Waals surface area contributed by atoms with Crippen LogP contribution in [-0.4, -0.2) is 65.3 Å². The van der Waals surface area contributed by atoms with Gasteiger partial charge in [0.1, 0.15) is 12.1 Å². The van der Waals surface area contributed by atoms with Crippen molar-refractivity contribution in [1.29, 1.82) is 0 Å². The summed E-state index contributed by atoms with van der Waals surface area (Å²) in [5.74, 6) is -3.74. The van der Waals surface area contributed by atoms with E-state index in [9.17, 15) is 28.0 Å². The minimum atomic E-state index is -1.01. The van der Waals surface area contributed by atoms with Crippen molar-refractivity contribution >= 4 is 23.7 Å². The van der Waals surface area contributed by atoms with Crippen molar-refractivity contribution in [1.82, 2.24) is 15.1 Å². The lowest BCUT2D eigenvalue weighted by molar-refractivity contribution is -0.152. The van der Waals surface area contributed by atoms with Crippen molar-refractivity contribution < 1.29 is 32.7 Å². The van der Waals surface area contributed by atoms with E-state index < -0.39 is 41.6 Å². The minimum absolute atomic E-state index is 0.0405. The first-order valence-corrected chi connectivity index (χ1v) is 11.5. The Balaban J connectivity index is 1.67. The van der Waals surface area contributed by atoms with Crippen molar-refractivity contribution in [3.05, 3.63) is 35.4 Å². The van der Waals surface area contributed by atoms with Gasteiger partial charge in [0.25, 0.3) is 0 Å². The fourth-order valence-corrected chi connectivity index (χ4v) is 4.63. The van der Waals surface area contributed by atoms with Crippen LogP contribution < -0.4 is 5.32 Å². The smallest absolute Gasteiger partial charge is 0.328 e. The monoisotopic (exact) mass is 479 g/mol. The molecule has 3 atom stereocenters. The maximum Gasteiger partial charge on any atom is 0.328 e. The molecule has 0 unspecified atom stereocenters. The van der Waals surface area contributed by atoms with Crippen molar-refractivity contribution in [2.24, 2.45) is 5.92 Å². The minimum Gasteiger partial charge on any atom is -0.467 e. The highest BCUT2D eigenvalue weighted by Crippen LogP contribution is 2.26. The molecule has 1 N–H and O–H groups in total. The SMILES string of the molecule is COC(=O)[C@@H]1CCCN1C(=O)[C@@H](NC(=O)C[C@@H]1CCC(=O)N1Cc1cccc(F)c1F)C(C)C. The van der Waals surface area contributed by atoms with Crippen molar-refractivity contribution in [3.8, 4) is 0 Å². The fraction of sp³-hybridized carbons (Fsp3) is 0.583. The number of likely N-dealkylation sites (tertiary alicyclic amines) is 2. The van der Waals surface area contributed by atoms with Crippen LogP contribution in [0.15, 0.2) is 18.2 Å². The molecule has 2 aliphatic rings. The number of nitrogens with zero attached hydrogens (tertiary/aromatic N) is 2. The topological polar surface area (TPSA) is 96.0 Å². The third kappa shape index (κ3) is 5.53. The number of methoxy groups -OCH3 is 1. The number of halogens is 2. The molecular formula is C24H31F2N3O5. The van der Waals surface area contributed by atoms with Crippen LogP contribution in [0.2, 0.25) is 0 Å². The van der Waals surface area contributed by atoms with E-state index in [1.165, 1.54) is 29.0 Å². The van der Waals surface area contributed by atoms with Crippen LogP contribution in [0.5, 0.6) is 0 Å². The maximum absolute atomic E-state index is 14.1. The van der Waals surface area contributed by atoms with Gasteiger partial charge in [-0.15, -0.1) is 0 Å². The lowest BCUT2D eigenvalue weighted by Gasteiger charge is -2.31. The first-order valence-electron chi connectivity index (χ1n) is 11.5. The Kier molecular flexibility index (Phi) is 8.22. The number of ether oxygens (including phenoxy) is 1. The summed E-state index contributed by atoms with van der Waals surface area (Å²) in [7, 11) is 1.27. The Morgan fingerprint density at radius 2 is 1.94 bits per heavy atom. The van der Waals surface area contributed by atoms with Crippen LogP contribution in [-0.2, 0) is 30.5 Å². The average Bonchev–Trinajstić information content (AvgIpc) is 3.42. The van der Waals surface area contributed by atoms with Gasteiger partial charge in [-0.1, -0.05) is 26.0 Å². The Morgan fingerprint density at radius 1 is 1.21 bits per heavy atom. The predicted molar refractivity (Wildman–Crippen MR) is 118 cm³/mol. The predicted octanol–water partition coefficient (Wildman–Crippen LogP) is 2.15. The normalized spacial score (nSPS) is 21.2. The molecule has 186 valence electrons. The van der Waals surface area contributed by atoms with Gasteiger partial charge in [0.15, 0.2) is 11.6 Å². The van der Waals surface area contributed by atoms with Crippen LogP contribution >= 0.6 is 0 Å². The van der Waals surface area contributed by atoms with Crippen molar-refractivity contribution in [3.63, 3.8) is 0 Å². The van der Waals surface area contributed by atoms with E-state index in [-0.39, 0.29) is 42.7 Å². The van der Waals surface area contributed by atoms with E-state index in [1.807, 2.05) is 0 Å². The standard InChI is InChI=1S/C24H31F2N3O5/c1-14(2)22(23(32)28-11-5-8-18(28)24(33)34-3)27-19(30)12-16-9-10-20(31)29(16)13-15-6-4-7-17(25)21(15)26/h4,6-7,14,16,18,22H,5,8-13H2,1-3H3,(H,27,30)/t16-,18-,22-/m0/s1. The summed E-state index contributed by atoms with van der Waals surface area (Å²) in [6.45, 7) is 3.86. The molecule has 2 aliphatic heterocycles. The second kappa shape index (κ2) is 10.9. The largest absolute Gasteiger partial charge is 0.467 e. The molecule has 10 heteroatoms. The molecule has 34 heavy (non-hydrogen) atoms. The number of esters is 1. The molecule has 8 nitrogen and oxygen atoms in total. The van der Waals surface area contributed by atoms with Gasteiger partial charge in [-0.2, -0.15) is 0 Å². The zero-order chi connectivity index (χ0) is 25.0. The summed E-state index contributed by atoms with van der Waals surface area (Å²) in [5, 5.41) is 2.76. The summed E-state index contributed by atoms with van der Waals surface area (Å²) in [5.41, 5.74) is 0.0405. The Bertz CT molecular complexity index is 955. The lowest BCUT2D eigenvalue weighted by Crippen LogP contribution is -2.54. The fourth-order valence-electron chi connectivity index (χ4n) is 4.63. The second-order valence-corrected chi connectivity index (χ2v) is 9.13. The average molecular weight is 480 g/mol. The molecule has 3 rings (SSSR count). The number of hydrogen-bond acceptors (Lipinski definition) is 5.